The molecule has 57 heavy (non-hydrogen) atoms. The minimum Gasteiger partial charge on any atom is -0.456 e. The summed E-state index contributed by atoms with van der Waals surface area (Å²) in [5.41, 5.74) is 10.8. The van der Waals surface area contributed by atoms with Crippen LogP contribution in [0.5, 0.6) is 0 Å². The molecule has 268 valence electrons. The van der Waals surface area contributed by atoms with E-state index in [-0.39, 0.29) is 12.0 Å². The normalized spacial score (nSPS) is 15.6. The summed E-state index contributed by atoms with van der Waals surface area (Å²) in [5.74, 6) is 2.89. The second kappa shape index (κ2) is 12.7. The first kappa shape index (κ1) is 32.1. The van der Waals surface area contributed by atoms with Crippen molar-refractivity contribution in [3.63, 3.8) is 0 Å². The zero-order valence-corrected chi connectivity index (χ0v) is 31.4. The van der Waals surface area contributed by atoms with Gasteiger partial charge in [-0.25, -0.2) is 15.0 Å². The van der Waals surface area contributed by atoms with Crippen molar-refractivity contribution in [2.24, 2.45) is 0 Å². The molecule has 1 aliphatic carbocycles. The summed E-state index contributed by atoms with van der Waals surface area (Å²) in [7, 11) is 0. The lowest BCUT2D eigenvalue weighted by Gasteiger charge is -2.30. The predicted octanol–water partition coefficient (Wildman–Crippen LogP) is 13.3. The smallest absolute Gasteiger partial charge is 0.164 e. The summed E-state index contributed by atoms with van der Waals surface area (Å²) >= 11 is 1.79. The maximum absolute atomic E-state index is 6.71. The minimum atomic E-state index is 0.129. The van der Waals surface area contributed by atoms with Crippen LogP contribution in [-0.4, -0.2) is 21.0 Å². The van der Waals surface area contributed by atoms with Crippen molar-refractivity contribution >= 4 is 59.9 Å². The van der Waals surface area contributed by atoms with Crippen molar-refractivity contribution in [2.45, 2.75) is 12.0 Å². The van der Waals surface area contributed by atoms with Crippen LogP contribution in [0.2, 0.25) is 0 Å². The molecular formula is C51H32N4OS. The molecule has 0 radical (unpaired) electrons. The highest BCUT2D eigenvalue weighted by atomic mass is 32.1. The highest BCUT2D eigenvalue weighted by Crippen LogP contribution is 2.53. The topological polar surface area (TPSA) is 55.1 Å². The Labute approximate surface area is 332 Å². The molecule has 2 atom stereocenters. The number of fused-ring (bicyclic) bond motifs is 10. The van der Waals surface area contributed by atoms with Crippen LogP contribution in [-0.2, 0) is 0 Å². The Morgan fingerprint density at radius 1 is 0.491 bits per heavy atom. The molecule has 0 amide bonds. The van der Waals surface area contributed by atoms with Crippen LogP contribution in [0.15, 0.2) is 180 Å². The van der Waals surface area contributed by atoms with Crippen molar-refractivity contribution in [1.29, 1.82) is 0 Å². The van der Waals surface area contributed by atoms with Crippen molar-refractivity contribution in [2.75, 3.05) is 4.90 Å². The number of para-hydroxylation sites is 2. The highest BCUT2D eigenvalue weighted by molar-refractivity contribution is 7.25. The summed E-state index contributed by atoms with van der Waals surface area (Å²) in [6.45, 7) is 0. The number of hydrogen-bond acceptors (Lipinski definition) is 6. The predicted molar refractivity (Wildman–Crippen MR) is 234 cm³/mol. The molecule has 6 heteroatoms. The SMILES string of the molecule is C1=CC2C(c3ccccc3N2c2ccccc2)c2c1oc1cc(-c3nc(-c4cccc(-c5ccccc5)c4)nc(-c4ccc5c(c4)sc4ccccc45)n3)ccc21. The number of furan rings is 1. The molecule has 1 aliphatic heterocycles. The fourth-order valence-electron chi connectivity index (χ4n) is 8.89. The Hall–Kier alpha value is -7.15. The largest absolute Gasteiger partial charge is 0.456 e. The Balaban J connectivity index is 0.998. The van der Waals surface area contributed by atoms with Gasteiger partial charge in [0.15, 0.2) is 17.5 Å². The van der Waals surface area contributed by atoms with Gasteiger partial charge in [-0.3, -0.25) is 0 Å². The van der Waals surface area contributed by atoms with E-state index in [1.165, 1.54) is 42.7 Å². The van der Waals surface area contributed by atoms with Crippen molar-refractivity contribution < 1.29 is 4.42 Å². The fraction of sp³-hybridized carbons (Fsp3) is 0.0392. The summed E-state index contributed by atoms with van der Waals surface area (Å²) < 4.78 is 9.19. The number of thiophene rings is 1. The van der Waals surface area contributed by atoms with Crippen LogP contribution in [0.25, 0.3) is 82.5 Å². The first-order valence-electron chi connectivity index (χ1n) is 19.3. The number of rotatable bonds is 5. The van der Waals surface area contributed by atoms with Gasteiger partial charge in [0, 0.05) is 65.1 Å². The van der Waals surface area contributed by atoms with E-state index in [1.54, 1.807) is 11.3 Å². The molecule has 3 aromatic heterocycles. The lowest BCUT2D eigenvalue weighted by atomic mass is 9.82. The van der Waals surface area contributed by atoms with Crippen LogP contribution in [0.3, 0.4) is 0 Å². The van der Waals surface area contributed by atoms with E-state index in [0.717, 1.165) is 44.5 Å². The van der Waals surface area contributed by atoms with Gasteiger partial charge in [0.05, 0.1) is 6.04 Å². The van der Waals surface area contributed by atoms with Gasteiger partial charge >= 0.3 is 0 Å². The number of nitrogens with zero attached hydrogens (tertiary/aromatic N) is 4. The third-order valence-electron chi connectivity index (χ3n) is 11.5. The number of benzene rings is 7. The van der Waals surface area contributed by atoms with E-state index in [2.05, 4.69) is 181 Å². The molecule has 0 spiro atoms. The average molecular weight is 749 g/mol. The number of aromatic nitrogens is 3. The van der Waals surface area contributed by atoms with E-state index in [4.69, 9.17) is 19.4 Å². The maximum atomic E-state index is 6.71. The first-order chi connectivity index (χ1) is 28.2. The van der Waals surface area contributed by atoms with Crippen LogP contribution < -0.4 is 4.90 Å². The molecule has 2 aliphatic rings. The van der Waals surface area contributed by atoms with Crippen LogP contribution in [0.1, 0.15) is 22.8 Å². The fourth-order valence-corrected chi connectivity index (χ4v) is 10.0. The Bertz CT molecular complexity index is 3220. The summed E-state index contributed by atoms with van der Waals surface area (Å²) in [6, 6.07) is 60.0. The zero-order chi connectivity index (χ0) is 37.5. The van der Waals surface area contributed by atoms with Gasteiger partial charge < -0.3 is 9.32 Å². The van der Waals surface area contributed by atoms with E-state index in [1.807, 2.05) is 6.07 Å². The van der Waals surface area contributed by atoms with Gasteiger partial charge in [-0.1, -0.05) is 133 Å². The molecular weight excluding hydrogens is 717 g/mol. The van der Waals surface area contributed by atoms with Gasteiger partial charge in [-0.2, -0.15) is 0 Å². The highest BCUT2D eigenvalue weighted by Gasteiger charge is 2.43. The molecule has 0 saturated heterocycles. The van der Waals surface area contributed by atoms with Gasteiger partial charge in [-0.05, 0) is 65.2 Å². The van der Waals surface area contributed by atoms with E-state index < -0.39 is 0 Å². The zero-order valence-electron chi connectivity index (χ0n) is 30.6. The molecule has 0 bridgehead atoms. The molecule has 10 aromatic rings. The average Bonchev–Trinajstić information content (AvgIpc) is 3.95. The summed E-state index contributed by atoms with van der Waals surface area (Å²) in [6.07, 6.45) is 4.45. The van der Waals surface area contributed by atoms with Gasteiger partial charge in [0.25, 0.3) is 0 Å². The van der Waals surface area contributed by atoms with Gasteiger partial charge in [-0.15, -0.1) is 11.3 Å². The van der Waals surface area contributed by atoms with E-state index in [0.29, 0.717) is 17.5 Å². The number of anilines is 2. The summed E-state index contributed by atoms with van der Waals surface area (Å²) in [5, 5.41) is 3.62. The van der Waals surface area contributed by atoms with Crippen LogP contribution >= 0.6 is 11.3 Å². The standard InChI is InChI=1S/C51H32N4OS/c1-3-12-31(13-4-1)32-14-11-15-33(28-32)49-52-50(54-51(53-49)35-22-24-38-37-18-8-10-21-45(37)57-46(38)30-35)34-23-25-40-44(29-34)56-43-27-26-42-47(48(40)43)39-19-7-9-20-41(39)55(42)36-16-5-2-6-17-36/h1-30,42,47H. The molecule has 2 unspecified atom stereocenters. The molecule has 0 saturated carbocycles. The molecule has 4 heterocycles. The van der Waals surface area contributed by atoms with E-state index in [9.17, 15) is 0 Å². The molecule has 12 rings (SSSR count). The second-order valence-corrected chi connectivity index (χ2v) is 15.8. The van der Waals surface area contributed by atoms with E-state index >= 15 is 0 Å². The maximum Gasteiger partial charge on any atom is 0.164 e. The Kier molecular flexibility index (Phi) is 7.16. The van der Waals surface area contributed by atoms with Gasteiger partial charge in [0.1, 0.15) is 11.3 Å². The lowest BCUT2D eigenvalue weighted by Crippen LogP contribution is -2.30. The minimum absolute atomic E-state index is 0.129. The summed E-state index contributed by atoms with van der Waals surface area (Å²) in [4.78, 5) is 17.9. The Morgan fingerprint density at radius 3 is 1.95 bits per heavy atom. The number of hydrogen-bond donors (Lipinski definition) is 0. The molecule has 7 aromatic carbocycles. The second-order valence-electron chi connectivity index (χ2n) is 14.7. The van der Waals surface area contributed by atoms with Crippen molar-refractivity contribution in [3.8, 4) is 45.3 Å². The lowest BCUT2D eigenvalue weighted by molar-refractivity contribution is 0.584. The first-order valence-corrected chi connectivity index (χ1v) is 20.1. The molecule has 0 fully saturated rings. The quantitative estimate of drug-likeness (QED) is 0.175. The third-order valence-corrected chi connectivity index (χ3v) is 12.6. The monoisotopic (exact) mass is 748 g/mol. The third kappa shape index (κ3) is 5.18. The Morgan fingerprint density at radius 2 is 1.12 bits per heavy atom. The van der Waals surface area contributed by atoms with Crippen LogP contribution in [0.4, 0.5) is 11.4 Å². The van der Waals surface area contributed by atoms with Gasteiger partial charge in [0.2, 0.25) is 0 Å². The molecule has 0 N–H and O–H groups in total. The molecule has 5 nitrogen and oxygen atoms in total. The van der Waals surface area contributed by atoms with Crippen molar-refractivity contribution in [1.82, 2.24) is 15.0 Å². The van der Waals surface area contributed by atoms with Crippen LogP contribution in [0, 0.1) is 0 Å². The van der Waals surface area contributed by atoms with Crippen molar-refractivity contribution in [3.05, 3.63) is 193 Å².